The second-order valence-electron chi connectivity index (χ2n) is 4.68. The Morgan fingerprint density at radius 1 is 1.44 bits per heavy atom. The summed E-state index contributed by atoms with van der Waals surface area (Å²) >= 11 is 0. The van der Waals surface area contributed by atoms with Crippen LogP contribution in [0.5, 0.6) is 0 Å². The molecule has 0 aromatic heterocycles. The highest BCUT2D eigenvalue weighted by molar-refractivity contribution is 5.89. The molecule has 0 atom stereocenters. The van der Waals surface area contributed by atoms with E-state index < -0.39 is 11.6 Å². The lowest BCUT2D eigenvalue weighted by atomic mass is 10.1. The summed E-state index contributed by atoms with van der Waals surface area (Å²) in [4.78, 5) is 11.6. The maximum atomic E-state index is 13.2. The van der Waals surface area contributed by atoms with Crippen LogP contribution in [0.15, 0.2) is 18.2 Å². The Labute approximate surface area is 91.7 Å². The third-order valence-corrected chi connectivity index (χ3v) is 3.58. The largest absolute Gasteiger partial charge is 0.351 e. The van der Waals surface area contributed by atoms with Crippen LogP contribution in [0.1, 0.15) is 18.4 Å². The van der Waals surface area contributed by atoms with Gasteiger partial charge < -0.3 is 5.32 Å². The predicted octanol–water partition coefficient (Wildman–Crippen LogP) is 1.99. The summed E-state index contributed by atoms with van der Waals surface area (Å²) in [6.45, 7) is 0.0664. The van der Waals surface area contributed by atoms with Crippen LogP contribution < -0.4 is 5.32 Å². The van der Waals surface area contributed by atoms with Gasteiger partial charge in [-0.2, -0.15) is 0 Å². The van der Waals surface area contributed by atoms with Crippen LogP contribution in [0.25, 0.3) is 0 Å². The molecule has 0 unspecified atom stereocenters. The van der Waals surface area contributed by atoms with Crippen molar-refractivity contribution < 1.29 is 13.6 Å². The van der Waals surface area contributed by atoms with E-state index in [0.29, 0.717) is 5.92 Å². The van der Waals surface area contributed by atoms with Gasteiger partial charge in [-0.3, -0.25) is 4.79 Å². The van der Waals surface area contributed by atoms with E-state index in [-0.39, 0.29) is 23.4 Å². The first-order valence-electron chi connectivity index (χ1n) is 5.34. The Balaban J connectivity index is 1.65. The van der Waals surface area contributed by atoms with Crippen molar-refractivity contribution in [2.75, 3.05) is 0 Å². The third-order valence-electron chi connectivity index (χ3n) is 3.58. The molecular weight excluding hydrogens is 212 g/mol. The second-order valence-corrected chi connectivity index (χ2v) is 4.68. The molecule has 2 saturated carbocycles. The summed E-state index contributed by atoms with van der Waals surface area (Å²) in [7, 11) is 0. The summed E-state index contributed by atoms with van der Waals surface area (Å²) in [5.41, 5.74) is 0.0756. The highest BCUT2D eigenvalue weighted by atomic mass is 19.1. The lowest BCUT2D eigenvalue weighted by Gasteiger charge is -2.07. The fourth-order valence-electron chi connectivity index (χ4n) is 2.10. The van der Waals surface area contributed by atoms with Gasteiger partial charge in [0.2, 0.25) is 5.91 Å². The molecule has 0 aliphatic heterocycles. The van der Waals surface area contributed by atoms with Crippen molar-refractivity contribution in [1.29, 1.82) is 0 Å². The number of hydrogen-bond acceptors (Lipinski definition) is 1. The molecule has 2 nitrogen and oxygen atoms in total. The Bertz CT molecular complexity index is 466. The Morgan fingerprint density at radius 2 is 2.12 bits per heavy atom. The molecule has 1 aromatic carbocycles. The molecule has 0 radical (unpaired) electrons. The van der Waals surface area contributed by atoms with Crippen molar-refractivity contribution in [2.45, 2.75) is 19.4 Å². The fourth-order valence-corrected chi connectivity index (χ4v) is 2.10. The lowest BCUT2D eigenvalue weighted by molar-refractivity contribution is -0.124. The van der Waals surface area contributed by atoms with Gasteiger partial charge in [-0.05, 0) is 37.0 Å². The molecule has 4 heteroatoms. The standard InChI is InChI=1S/C12H11F2NO/c13-9-1-2-10(14)7(3-9)6-15-11(16)12-4-8(12)5-12/h1-3,8H,4-6H2,(H,15,16). The van der Waals surface area contributed by atoms with Crippen LogP contribution in [-0.4, -0.2) is 5.91 Å². The number of carbonyl (C=O) groups is 1. The minimum absolute atomic E-state index is 0.0128. The first-order chi connectivity index (χ1) is 7.62. The number of nitrogens with one attached hydrogen (secondary N) is 1. The molecule has 1 amide bonds. The average Bonchev–Trinajstić information content (AvgIpc) is 3.06. The number of benzene rings is 1. The zero-order valence-corrected chi connectivity index (χ0v) is 8.59. The van der Waals surface area contributed by atoms with Crippen molar-refractivity contribution in [3.63, 3.8) is 0 Å². The van der Waals surface area contributed by atoms with Gasteiger partial charge in [0, 0.05) is 12.1 Å². The molecule has 0 spiro atoms. The Morgan fingerprint density at radius 3 is 2.75 bits per heavy atom. The number of rotatable bonds is 3. The first-order valence-corrected chi connectivity index (χ1v) is 5.34. The van der Waals surface area contributed by atoms with E-state index in [1.807, 2.05) is 0 Å². The van der Waals surface area contributed by atoms with E-state index in [1.165, 1.54) is 0 Å². The molecule has 16 heavy (non-hydrogen) atoms. The highest BCUT2D eigenvalue weighted by Gasteiger charge is 2.74. The SMILES string of the molecule is O=C(NCc1cc(F)ccc1F)C12CC1C2. The van der Waals surface area contributed by atoms with Crippen molar-refractivity contribution in [3.8, 4) is 0 Å². The molecule has 2 aliphatic rings. The maximum Gasteiger partial charge on any atom is 0.226 e. The fraction of sp³-hybridized carbons (Fsp3) is 0.417. The minimum atomic E-state index is -0.487. The number of carbonyl (C=O) groups excluding carboxylic acids is 1. The average molecular weight is 223 g/mol. The van der Waals surface area contributed by atoms with Crippen LogP contribution >= 0.6 is 0 Å². The van der Waals surface area contributed by atoms with Crippen LogP contribution in [0.2, 0.25) is 0 Å². The normalized spacial score (nSPS) is 29.5. The van der Waals surface area contributed by atoms with E-state index >= 15 is 0 Å². The number of amides is 1. The van der Waals surface area contributed by atoms with Crippen LogP contribution in [-0.2, 0) is 11.3 Å². The zero-order valence-electron chi connectivity index (χ0n) is 8.59. The summed E-state index contributed by atoms with van der Waals surface area (Å²) < 4.78 is 26.1. The third kappa shape index (κ3) is 1.40. The van der Waals surface area contributed by atoms with Gasteiger partial charge in [0.05, 0.1) is 5.41 Å². The summed E-state index contributed by atoms with van der Waals surface area (Å²) in [6, 6.07) is 3.26. The van der Waals surface area contributed by atoms with Crippen LogP contribution in [0.3, 0.4) is 0 Å². The molecule has 84 valence electrons. The van der Waals surface area contributed by atoms with Gasteiger partial charge in [-0.25, -0.2) is 8.78 Å². The van der Waals surface area contributed by atoms with Crippen molar-refractivity contribution in [3.05, 3.63) is 35.4 Å². The lowest BCUT2D eigenvalue weighted by Crippen LogP contribution is -2.27. The summed E-state index contributed by atoms with van der Waals surface area (Å²) in [6.07, 6.45) is 1.93. The Hall–Kier alpha value is -1.45. The second kappa shape index (κ2) is 3.03. The van der Waals surface area contributed by atoms with Gasteiger partial charge in [0.15, 0.2) is 0 Å². The van der Waals surface area contributed by atoms with Gasteiger partial charge in [0.1, 0.15) is 11.6 Å². The van der Waals surface area contributed by atoms with E-state index in [9.17, 15) is 13.6 Å². The molecule has 0 heterocycles. The van der Waals surface area contributed by atoms with Gasteiger partial charge in [-0.1, -0.05) is 0 Å². The molecule has 3 rings (SSSR count). The predicted molar refractivity (Wildman–Crippen MR) is 53.4 cm³/mol. The molecule has 2 aliphatic carbocycles. The van der Waals surface area contributed by atoms with Gasteiger partial charge in [-0.15, -0.1) is 0 Å². The molecule has 0 bridgehead atoms. The molecule has 1 N–H and O–H groups in total. The highest BCUT2D eigenvalue weighted by Crippen LogP contribution is 2.75. The molecule has 1 aromatic rings. The monoisotopic (exact) mass is 223 g/mol. The first kappa shape index (κ1) is 9.75. The minimum Gasteiger partial charge on any atom is -0.351 e. The van der Waals surface area contributed by atoms with Crippen molar-refractivity contribution in [1.82, 2.24) is 5.32 Å². The van der Waals surface area contributed by atoms with Crippen LogP contribution in [0, 0.1) is 23.0 Å². The Kier molecular flexibility index (Phi) is 1.85. The zero-order chi connectivity index (χ0) is 11.3. The molecule has 0 saturated heterocycles. The van der Waals surface area contributed by atoms with Gasteiger partial charge >= 0.3 is 0 Å². The number of fused-ring (bicyclic) bond motifs is 1. The summed E-state index contributed by atoms with van der Waals surface area (Å²) in [5, 5.41) is 2.67. The van der Waals surface area contributed by atoms with Gasteiger partial charge in [0.25, 0.3) is 0 Å². The maximum absolute atomic E-state index is 13.2. The smallest absolute Gasteiger partial charge is 0.226 e. The summed E-state index contributed by atoms with van der Waals surface area (Å²) in [5.74, 6) is -0.423. The number of hydrogen-bond donors (Lipinski definition) is 1. The van der Waals surface area contributed by atoms with E-state index in [1.54, 1.807) is 0 Å². The van der Waals surface area contributed by atoms with E-state index in [2.05, 4.69) is 5.32 Å². The van der Waals surface area contributed by atoms with Crippen LogP contribution in [0.4, 0.5) is 8.78 Å². The van der Waals surface area contributed by atoms with Crippen molar-refractivity contribution >= 4 is 5.91 Å². The molecule has 2 fully saturated rings. The molecular formula is C12H11F2NO. The quantitative estimate of drug-likeness (QED) is 0.834. The van der Waals surface area contributed by atoms with E-state index in [4.69, 9.17) is 0 Å². The van der Waals surface area contributed by atoms with E-state index in [0.717, 1.165) is 31.0 Å². The van der Waals surface area contributed by atoms with Crippen molar-refractivity contribution in [2.24, 2.45) is 11.3 Å². The topological polar surface area (TPSA) is 29.1 Å². The number of halogens is 2.